The maximum atomic E-state index is 12.6. The highest BCUT2D eigenvalue weighted by molar-refractivity contribution is 5.75. The van der Waals surface area contributed by atoms with Gasteiger partial charge in [-0.1, -0.05) is 64.5 Å². The van der Waals surface area contributed by atoms with Crippen molar-refractivity contribution in [3.05, 3.63) is 29.8 Å². The molecule has 1 fully saturated rings. The Hall–Kier alpha value is -1.82. The molecule has 0 bridgehead atoms. The van der Waals surface area contributed by atoms with Gasteiger partial charge in [-0.25, -0.2) is 0 Å². The lowest BCUT2D eigenvalue weighted by Crippen LogP contribution is -2.31. The summed E-state index contributed by atoms with van der Waals surface area (Å²) in [6, 6.07) is 10.5. The van der Waals surface area contributed by atoms with Crippen molar-refractivity contribution in [3.8, 4) is 11.8 Å². The molecule has 0 atom stereocenters. The van der Waals surface area contributed by atoms with E-state index >= 15 is 0 Å². The van der Waals surface area contributed by atoms with Gasteiger partial charge in [0.2, 0.25) is 0 Å². The Morgan fingerprint density at radius 3 is 2.29 bits per heavy atom. The molecule has 0 aliphatic heterocycles. The van der Waals surface area contributed by atoms with Crippen molar-refractivity contribution >= 4 is 5.97 Å². The smallest absolute Gasteiger partial charge is 0.314 e. The average molecular weight is 384 g/mol. The molecule has 2 rings (SSSR count). The number of benzene rings is 1. The van der Waals surface area contributed by atoms with Gasteiger partial charge in [-0.3, -0.25) is 4.79 Å². The number of hydrogen-bond donors (Lipinski definition) is 0. The third-order valence-corrected chi connectivity index (χ3v) is 6.23. The molecule has 3 nitrogen and oxygen atoms in total. The molecule has 0 N–H and O–H groups in total. The van der Waals surface area contributed by atoms with Crippen LogP contribution in [0.1, 0.15) is 96.5 Å². The summed E-state index contributed by atoms with van der Waals surface area (Å²) in [6.07, 6.45) is 13.7. The van der Waals surface area contributed by atoms with Crippen LogP contribution in [0.2, 0.25) is 0 Å². The van der Waals surface area contributed by atoms with Gasteiger partial charge in [0.05, 0.1) is 17.4 Å². The first-order valence-electron chi connectivity index (χ1n) is 11.3. The number of ether oxygens (including phenoxy) is 1. The van der Waals surface area contributed by atoms with Crippen LogP contribution in [0.15, 0.2) is 24.3 Å². The van der Waals surface area contributed by atoms with E-state index in [1.54, 1.807) is 0 Å². The fourth-order valence-electron chi connectivity index (χ4n) is 4.22. The van der Waals surface area contributed by atoms with Gasteiger partial charge in [0.15, 0.2) is 0 Å². The lowest BCUT2D eigenvalue weighted by atomic mass is 9.69. The molecule has 154 valence electrons. The third kappa shape index (κ3) is 6.97. The number of carbonyl (C=O) groups excluding carboxylic acids is 1. The van der Waals surface area contributed by atoms with Crippen LogP contribution >= 0.6 is 0 Å². The van der Waals surface area contributed by atoms with E-state index in [1.807, 2.05) is 12.1 Å². The van der Waals surface area contributed by atoms with Crippen LogP contribution in [0, 0.1) is 22.7 Å². The van der Waals surface area contributed by atoms with Crippen LogP contribution in [0.5, 0.6) is 5.75 Å². The van der Waals surface area contributed by atoms with Crippen molar-refractivity contribution in [2.45, 2.75) is 97.3 Å². The minimum Gasteiger partial charge on any atom is -0.426 e. The van der Waals surface area contributed by atoms with Crippen LogP contribution in [0.25, 0.3) is 0 Å². The van der Waals surface area contributed by atoms with Crippen LogP contribution in [-0.2, 0) is 11.2 Å². The van der Waals surface area contributed by atoms with E-state index in [9.17, 15) is 10.1 Å². The first-order valence-corrected chi connectivity index (χ1v) is 11.3. The fourth-order valence-corrected chi connectivity index (χ4v) is 4.22. The van der Waals surface area contributed by atoms with Gasteiger partial charge in [-0.05, 0) is 62.6 Å². The minimum atomic E-state index is -0.218. The maximum Gasteiger partial charge on any atom is 0.314 e. The molecule has 0 heterocycles. The standard InChI is InChI=1S/C25H37NO2/c1-3-5-7-9-17-25(20-26)18-15-22(16-19-25)24(27)28-23-13-11-21(12-14-23)10-8-6-4-2/h11-14,22H,3-10,15-19H2,1-2H3/t22-,25+. The van der Waals surface area contributed by atoms with E-state index < -0.39 is 0 Å². The molecular formula is C25H37NO2. The summed E-state index contributed by atoms with van der Waals surface area (Å²) in [5.41, 5.74) is 1.08. The lowest BCUT2D eigenvalue weighted by molar-refractivity contribution is -0.140. The Labute approximate surface area is 171 Å². The second-order valence-corrected chi connectivity index (χ2v) is 8.50. The van der Waals surface area contributed by atoms with E-state index in [-0.39, 0.29) is 17.3 Å². The SMILES string of the molecule is CCCCCC[C@]1(C#N)CC[C@@H](C(=O)Oc2ccc(CCCCC)cc2)CC1. The molecule has 1 aromatic rings. The molecule has 0 radical (unpaired) electrons. The summed E-state index contributed by atoms with van der Waals surface area (Å²) < 4.78 is 5.63. The summed E-state index contributed by atoms with van der Waals surface area (Å²) in [5.74, 6) is 0.443. The topological polar surface area (TPSA) is 50.1 Å². The highest BCUT2D eigenvalue weighted by Gasteiger charge is 2.37. The van der Waals surface area contributed by atoms with Crippen molar-refractivity contribution < 1.29 is 9.53 Å². The molecule has 3 heteroatoms. The van der Waals surface area contributed by atoms with Crippen molar-refractivity contribution in [2.24, 2.45) is 11.3 Å². The predicted octanol–water partition coefficient (Wildman–Crippen LogP) is 7.00. The van der Waals surface area contributed by atoms with Crippen LogP contribution in [0.4, 0.5) is 0 Å². The predicted molar refractivity (Wildman–Crippen MR) is 114 cm³/mol. The maximum absolute atomic E-state index is 12.6. The first kappa shape index (κ1) is 22.5. The zero-order valence-electron chi connectivity index (χ0n) is 17.8. The molecule has 1 aliphatic carbocycles. The van der Waals surface area contributed by atoms with E-state index in [2.05, 4.69) is 32.0 Å². The molecule has 0 amide bonds. The largest absolute Gasteiger partial charge is 0.426 e. The fraction of sp³-hybridized carbons (Fsp3) is 0.680. The zero-order chi connectivity index (χ0) is 20.2. The number of hydrogen-bond acceptors (Lipinski definition) is 3. The molecular weight excluding hydrogens is 346 g/mol. The summed E-state index contributed by atoms with van der Waals surface area (Å²) in [7, 11) is 0. The van der Waals surface area contributed by atoms with Gasteiger partial charge in [-0.15, -0.1) is 0 Å². The lowest BCUT2D eigenvalue weighted by Gasteiger charge is -2.34. The van der Waals surface area contributed by atoms with Crippen LogP contribution < -0.4 is 4.74 Å². The molecule has 1 aliphatic rings. The number of aryl methyl sites for hydroxylation is 1. The molecule has 0 saturated heterocycles. The number of esters is 1. The monoisotopic (exact) mass is 383 g/mol. The van der Waals surface area contributed by atoms with E-state index in [0.29, 0.717) is 5.75 Å². The Balaban J connectivity index is 1.79. The van der Waals surface area contributed by atoms with Gasteiger partial charge in [0.25, 0.3) is 0 Å². The van der Waals surface area contributed by atoms with E-state index in [1.165, 1.54) is 44.1 Å². The highest BCUT2D eigenvalue weighted by Crippen LogP contribution is 2.42. The number of unbranched alkanes of at least 4 members (excludes halogenated alkanes) is 5. The van der Waals surface area contributed by atoms with Crippen molar-refractivity contribution in [1.29, 1.82) is 5.26 Å². The van der Waals surface area contributed by atoms with Gasteiger partial charge in [-0.2, -0.15) is 5.26 Å². The molecule has 1 aromatic carbocycles. The Morgan fingerprint density at radius 2 is 1.68 bits per heavy atom. The Bertz CT molecular complexity index is 621. The Morgan fingerprint density at radius 1 is 1.04 bits per heavy atom. The van der Waals surface area contributed by atoms with Crippen LogP contribution in [-0.4, -0.2) is 5.97 Å². The number of carbonyl (C=O) groups is 1. The number of nitriles is 1. The minimum absolute atomic E-state index is 0.0682. The normalized spacial score (nSPS) is 21.8. The van der Waals surface area contributed by atoms with E-state index in [4.69, 9.17) is 4.74 Å². The second kappa shape index (κ2) is 11.9. The molecule has 0 aromatic heterocycles. The molecule has 28 heavy (non-hydrogen) atoms. The molecule has 1 saturated carbocycles. The third-order valence-electron chi connectivity index (χ3n) is 6.23. The van der Waals surface area contributed by atoms with Gasteiger partial charge in [0, 0.05) is 0 Å². The summed E-state index contributed by atoms with van der Waals surface area (Å²) in [6.45, 7) is 4.41. The van der Waals surface area contributed by atoms with Gasteiger partial charge in [0.1, 0.15) is 5.75 Å². The molecule has 0 spiro atoms. The highest BCUT2D eigenvalue weighted by atomic mass is 16.5. The number of nitrogens with zero attached hydrogens (tertiary/aromatic N) is 1. The van der Waals surface area contributed by atoms with Crippen molar-refractivity contribution in [2.75, 3.05) is 0 Å². The second-order valence-electron chi connectivity index (χ2n) is 8.50. The summed E-state index contributed by atoms with van der Waals surface area (Å²) in [5, 5.41) is 9.70. The Kier molecular flexibility index (Phi) is 9.55. The molecule has 0 unspecified atom stereocenters. The van der Waals surface area contributed by atoms with Gasteiger partial charge < -0.3 is 4.74 Å². The first-order chi connectivity index (χ1) is 13.6. The zero-order valence-corrected chi connectivity index (χ0v) is 17.8. The van der Waals surface area contributed by atoms with E-state index in [0.717, 1.165) is 44.9 Å². The van der Waals surface area contributed by atoms with Crippen LogP contribution in [0.3, 0.4) is 0 Å². The van der Waals surface area contributed by atoms with Gasteiger partial charge >= 0.3 is 5.97 Å². The summed E-state index contributed by atoms with van der Waals surface area (Å²) in [4.78, 5) is 12.6. The average Bonchev–Trinajstić information content (AvgIpc) is 2.73. The number of rotatable bonds is 11. The van der Waals surface area contributed by atoms with Crippen molar-refractivity contribution in [3.63, 3.8) is 0 Å². The quantitative estimate of drug-likeness (QED) is 0.235. The summed E-state index contributed by atoms with van der Waals surface area (Å²) >= 11 is 0. The van der Waals surface area contributed by atoms with Crippen molar-refractivity contribution in [1.82, 2.24) is 0 Å².